The lowest BCUT2D eigenvalue weighted by atomic mass is 9.97. The van der Waals surface area contributed by atoms with Crippen molar-refractivity contribution in [3.8, 4) is 0 Å². The molecule has 3 rings (SSSR count). The minimum atomic E-state index is -3.71. The second-order valence-corrected chi connectivity index (χ2v) is 9.49. The van der Waals surface area contributed by atoms with E-state index < -0.39 is 27.6 Å². The zero-order valence-electron chi connectivity index (χ0n) is 17.1. The average Bonchev–Trinajstić information content (AvgIpc) is 2.67. The van der Waals surface area contributed by atoms with E-state index >= 15 is 0 Å². The fourth-order valence-electron chi connectivity index (χ4n) is 3.24. The van der Waals surface area contributed by atoms with Gasteiger partial charge in [-0.15, -0.1) is 5.06 Å². The molecule has 1 atom stereocenters. The number of hydroxylamine groups is 2. The molecule has 2 aromatic carbocycles. The lowest BCUT2D eigenvalue weighted by molar-refractivity contribution is -0.179. The molecule has 0 aliphatic heterocycles. The summed E-state index contributed by atoms with van der Waals surface area (Å²) in [6, 6.07) is 11.5. The van der Waals surface area contributed by atoms with Crippen molar-refractivity contribution in [3.05, 3.63) is 42.5 Å². The quantitative estimate of drug-likeness (QED) is 0.711. The first kappa shape index (κ1) is 23.3. The number of fused-ring (bicyclic) bond motifs is 1. The number of carbonyl (C=O) groups excluding carboxylic acids is 1. The van der Waals surface area contributed by atoms with Crippen LogP contribution in [0.15, 0.2) is 47.4 Å². The van der Waals surface area contributed by atoms with E-state index in [9.17, 15) is 13.2 Å². The van der Waals surface area contributed by atoms with E-state index in [2.05, 4.69) is 0 Å². The van der Waals surface area contributed by atoms with Crippen molar-refractivity contribution in [1.29, 1.82) is 0 Å². The molecule has 0 bridgehead atoms. The van der Waals surface area contributed by atoms with Crippen LogP contribution in [0.1, 0.15) is 32.1 Å². The number of nitrogens with zero attached hydrogens (tertiary/aromatic N) is 1. The van der Waals surface area contributed by atoms with Crippen molar-refractivity contribution in [1.82, 2.24) is 5.06 Å². The first-order valence-corrected chi connectivity index (χ1v) is 11.5. The van der Waals surface area contributed by atoms with Crippen molar-refractivity contribution in [2.75, 3.05) is 19.8 Å². The molecule has 160 valence electrons. The maximum atomic E-state index is 12.5. The standard InChI is InChI=1S/C15H18N2O4S.C6H13N/c1-17(2)21-15(18)13(16)10-22(19,20)14-9-5-7-11-6-3-4-8-12(11)14;7-6-4-2-1-3-5-6/h3-9,13H,10,16H2,1-2H3;6H,1-5,7H2/t13-;/m0./s1. The Morgan fingerprint density at radius 2 is 1.72 bits per heavy atom. The van der Waals surface area contributed by atoms with E-state index in [0.717, 1.165) is 5.39 Å². The molecule has 4 N–H and O–H groups in total. The Kier molecular flexibility index (Phi) is 8.58. The molecule has 0 saturated heterocycles. The minimum absolute atomic E-state index is 0.165. The zero-order valence-corrected chi connectivity index (χ0v) is 17.9. The molecule has 8 heteroatoms. The van der Waals surface area contributed by atoms with Crippen LogP contribution in [-0.4, -0.2) is 51.4 Å². The molecule has 1 saturated carbocycles. The molecule has 1 fully saturated rings. The van der Waals surface area contributed by atoms with Gasteiger partial charge in [-0.2, -0.15) is 0 Å². The van der Waals surface area contributed by atoms with Gasteiger partial charge in [0.25, 0.3) is 0 Å². The second-order valence-electron chi connectivity index (χ2n) is 7.49. The molecule has 1 aliphatic rings. The van der Waals surface area contributed by atoms with Gasteiger partial charge in [-0.1, -0.05) is 55.7 Å². The lowest BCUT2D eigenvalue weighted by Gasteiger charge is -2.15. The summed E-state index contributed by atoms with van der Waals surface area (Å²) < 4.78 is 25.1. The Hall–Kier alpha value is -2.00. The number of hydrogen-bond acceptors (Lipinski definition) is 7. The van der Waals surface area contributed by atoms with Crippen LogP contribution in [0.2, 0.25) is 0 Å². The highest BCUT2D eigenvalue weighted by molar-refractivity contribution is 7.91. The van der Waals surface area contributed by atoms with Gasteiger partial charge in [0.1, 0.15) is 6.04 Å². The van der Waals surface area contributed by atoms with Crippen molar-refractivity contribution >= 4 is 26.6 Å². The number of benzene rings is 2. The predicted molar refractivity (Wildman–Crippen MR) is 115 cm³/mol. The Bertz CT molecular complexity index is 904. The normalized spacial score (nSPS) is 16.2. The molecular weight excluding hydrogens is 390 g/mol. The molecule has 0 unspecified atom stereocenters. The van der Waals surface area contributed by atoms with Gasteiger partial charge < -0.3 is 16.3 Å². The van der Waals surface area contributed by atoms with Gasteiger partial charge in [0.05, 0.1) is 10.6 Å². The first-order chi connectivity index (χ1) is 13.7. The molecule has 7 nitrogen and oxygen atoms in total. The molecule has 1 aliphatic carbocycles. The summed E-state index contributed by atoms with van der Waals surface area (Å²) in [7, 11) is -0.676. The summed E-state index contributed by atoms with van der Waals surface area (Å²) >= 11 is 0. The minimum Gasteiger partial charge on any atom is -0.367 e. The van der Waals surface area contributed by atoms with E-state index in [1.807, 2.05) is 18.2 Å². The lowest BCUT2D eigenvalue weighted by Crippen LogP contribution is -2.40. The number of nitrogens with two attached hydrogens (primary N) is 2. The zero-order chi connectivity index (χ0) is 21.4. The summed E-state index contributed by atoms with van der Waals surface area (Å²) in [4.78, 5) is 16.6. The second kappa shape index (κ2) is 10.7. The molecule has 29 heavy (non-hydrogen) atoms. The van der Waals surface area contributed by atoms with Gasteiger partial charge >= 0.3 is 5.97 Å². The van der Waals surface area contributed by atoms with Crippen molar-refractivity contribution < 1.29 is 18.0 Å². The number of hydrogen-bond donors (Lipinski definition) is 2. The topological polar surface area (TPSA) is 116 Å². The SMILES string of the molecule is CN(C)OC(=O)[C@@H](N)CS(=O)(=O)c1cccc2ccccc12.NC1CCCCC1. The highest BCUT2D eigenvalue weighted by Crippen LogP contribution is 2.24. The Morgan fingerprint density at radius 1 is 1.10 bits per heavy atom. The van der Waals surface area contributed by atoms with Crippen LogP contribution in [0.3, 0.4) is 0 Å². The molecule has 0 amide bonds. The van der Waals surface area contributed by atoms with Crippen LogP contribution in [0.25, 0.3) is 10.8 Å². The van der Waals surface area contributed by atoms with Crippen LogP contribution < -0.4 is 11.5 Å². The largest absolute Gasteiger partial charge is 0.367 e. The third-order valence-corrected chi connectivity index (χ3v) is 6.53. The Morgan fingerprint density at radius 3 is 2.31 bits per heavy atom. The van der Waals surface area contributed by atoms with E-state index in [1.165, 1.54) is 57.3 Å². The third-order valence-electron chi connectivity index (χ3n) is 4.71. The van der Waals surface area contributed by atoms with Gasteiger partial charge in [-0.25, -0.2) is 13.2 Å². The maximum Gasteiger partial charge on any atom is 0.342 e. The molecule has 0 heterocycles. The fourth-order valence-corrected chi connectivity index (χ4v) is 4.84. The number of sulfone groups is 1. The van der Waals surface area contributed by atoms with E-state index in [1.54, 1.807) is 18.2 Å². The highest BCUT2D eigenvalue weighted by Gasteiger charge is 2.26. The fraction of sp³-hybridized carbons (Fsp3) is 0.476. The molecular formula is C21H31N3O4S. The van der Waals surface area contributed by atoms with Crippen molar-refractivity contribution in [2.45, 2.75) is 49.1 Å². The highest BCUT2D eigenvalue weighted by atomic mass is 32.2. The summed E-state index contributed by atoms with van der Waals surface area (Å²) in [5.74, 6) is -1.29. The van der Waals surface area contributed by atoms with Crippen molar-refractivity contribution in [2.24, 2.45) is 11.5 Å². The van der Waals surface area contributed by atoms with E-state index in [-0.39, 0.29) is 4.90 Å². The number of rotatable bonds is 5. The first-order valence-electron chi connectivity index (χ1n) is 9.81. The number of carbonyl (C=O) groups is 1. The maximum absolute atomic E-state index is 12.5. The van der Waals surface area contributed by atoms with Crippen LogP contribution in [0.4, 0.5) is 0 Å². The van der Waals surface area contributed by atoms with Gasteiger partial charge in [0.2, 0.25) is 0 Å². The summed E-state index contributed by atoms with van der Waals surface area (Å²) in [5, 5.41) is 2.60. The summed E-state index contributed by atoms with van der Waals surface area (Å²) in [6.45, 7) is 0. The van der Waals surface area contributed by atoms with Gasteiger partial charge in [-0.05, 0) is 24.3 Å². The smallest absolute Gasteiger partial charge is 0.342 e. The average molecular weight is 422 g/mol. The van der Waals surface area contributed by atoms with Crippen LogP contribution in [0.5, 0.6) is 0 Å². The van der Waals surface area contributed by atoms with Crippen molar-refractivity contribution in [3.63, 3.8) is 0 Å². The van der Waals surface area contributed by atoms with E-state index in [4.69, 9.17) is 16.3 Å². The molecule has 0 aromatic heterocycles. The monoisotopic (exact) mass is 421 g/mol. The van der Waals surface area contributed by atoms with E-state index in [0.29, 0.717) is 11.4 Å². The summed E-state index contributed by atoms with van der Waals surface area (Å²) in [5.41, 5.74) is 11.3. The Labute approximate surface area is 172 Å². The Balaban J connectivity index is 0.000000360. The van der Waals surface area contributed by atoms with Crippen LogP contribution in [0, 0.1) is 0 Å². The van der Waals surface area contributed by atoms with Gasteiger partial charge in [0, 0.05) is 25.5 Å². The van der Waals surface area contributed by atoms with Gasteiger partial charge in [0.15, 0.2) is 9.84 Å². The third kappa shape index (κ3) is 7.08. The van der Waals surface area contributed by atoms with Gasteiger partial charge in [-0.3, -0.25) is 0 Å². The molecule has 0 radical (unpaired) electrons. The summed E-state index contributed by atoms with van der Waals surface area (Å²) in [6.07, 6.45) is 6.66. The molecule has 2 aromatic rings. The molecule has 0 spiro atoms. The van der Waals surface area contributed by atoms with Crippen LogP contribution >= 0.6 is 0 Å². The van der Waals surface area contributed by atoms with Crippen LogP contribution in [-0.2, 0) is 19.5 Å². The predicted octanol–water partition coefficient (Wildman–Crippen LogP) is 2.24.